The number of rotatable bonds is 6. The maximum atomic E-state index is 10.6. The third-order valence-electron chi connectivity index (χ3n) is 2.40. The second-order valence-corrected chi connectivity index (χ2v) is 3.84. The molecule has 1 aromatic carbocycles. The van der Waals surface area contributed by atoms with Gasteiger partial charge in [-0.05, 0) is 23.8 Å². The van der Waals surface area contributed by atoms with E-state index >= 15 is 0 Å². The smallest absolute Gasteiger partial charge is 0.307 e. The lowest BCUT2D eigenvalue weighted by Gasteiger charge is -2.07. The molecule has 0 bridgehead atoms. The summed E-state index contributed by atoms with van der Waals surface area (Å²) in [4.78, 5) is 10.6. The number of carboxylic acids is 1. The fourth-order valence-corrected chi connectivity index (χ4v) is 1.61. The van der Waals surface area contributed by atoms with E-state index in [1.54, 1.807) is 29.1 Å². The van der Waals surface area contributed by atoms with Gasteiger partial charge in [0.25, 0.3) is 0 Å². The number of aliphatic carboxylic acids is 1. The maximum absolute atomic E-state index is 10.6. The SMILES string of the molecule is O=C(O)Cc1cccc(OCCn2cccn2)c1. The molecular weight excluding hydrogens is 232 g/mol. The van der Waals surface area contributed by atoms with Crippen LogP contribution in [0, 0.1) is 0 Å². The van der Waals surface area contributed by atoms with E-state index in [2.05, 4.69) is 5.10 Å². The molecule has 0 aliphatic carbocycles. The van der Waals surface area contributed by atoms with Crippen LogP contribution >= 0.6 is 0 Å². The number of ether oxygens (including phenoxy) is 1. The highest BCUT2D eigenvalue weighted by Crippen LogP contribution is 2.13. The quantitative estimate of drug-likeness (QED) is 0.840. The number of hydrogen-bond donors (Lipinski definition) is 1. The van der Waals surface area contributed by atoms with Gasteiger partial charge in [-0.15, -0.1) is 0 Å². The highest BCUT2D eigenvalue weighted by Gasteiger charge is 2.02. The van der Waals surface area contributed by atoms with Crippen LogP contribution < -0.4 is 4.74 Å². The first-order valence-electron chi connectivity index (χ1n) is 5.65. The topological polar surface area (TPSA) is 64.3 Å². The van der Waals surface area contributed by atoms with Gasteiger partial charge in [0.1, 0.15) is 12.4 Å². The predicted octanol–water partition coefficient (Wildman–Crippen LogP) is 1.59. The molecule has 1 aromatic heterocycles. The van der Waals surface area contributed by atoms with Gasteiger partial charge in [0.2, 0.25) is 0 Å². The molecule has 0 fully saturated rings. The van der Waals surface area contributed by atoms with Gasteiger partial charge in [0.15, 0.2) is 0 Å². The lowest BCUT2D eigenvalue weighted by molar-refractivity contribution is -0.136. The average molecular weight is 246 g/mol. The molecule has 1 heterocycles. The van der Waals surface area contributed by atoms with Crippen LogP contribution in [0.15, 0.2) is 42.7 Å². The van der Waals surface area contributed by atoms with Crippen molar-refractivity contribution in [2.24, 2.45) is 0 Å². The Kier molecular flexibility index (Phi) is 3.96. The van der Waals surface area contributed by atoms with E-state index in [1.165, 1.54) is 0 Å². The van der Waals surface area contributed by atoms with Crippen molar-refractivity contribution in [1.82, 2.24) is 9.78 Å². The fourth-order valence-electron chi connectivity index (χ4n) is 1.61. The molecular formula is C13H14N2O3. The highest BCUT2D eigenvalue weighted by atomic mass is 16.5. The zero-order chi connectivity index (χ0) is 12.8. The Balaban J connectivity index is 1.87. The number of aromatic nitrogens is 2. The second-order valence-electron chi connectivity index (χ2n) is 3.84. The second kappa shape index (κ2) is 5.86. The molecule has 18 heavy (non-hydrogen) atoms. The molecule has 0 amide bonds. The van der Waals surface area contributed by atoms with E-state index < -0.39 is 5.97 Å². The summed E-state index contributed by atoms with van der Waals surface area (Å²) in [6.45, 7) is 1.16. The summed E-state index contributed by atoms with van der Waals surface area (Å²) in [6.07, 6.45) is 3.59. The van der Waals surface area contributed by atoms with Crippen LogP contribution in [0.4, 0.5) is 0 Å². The van der Waals surface area contributed by atoms with Crippen molar-refractivity contribution in [1.29, 1.82) is 0 Å². The molecule has 2 aromatic rings. The van der Waals surface area contributed by atoms with Gasteiger partial charge in [-0.2, -0.15) is 5.10 Å². The largest absolute Gasteiger partial charge is 0.492 e. The van der Waals surface area contributed by atoms with Crippen LogP contribution in [-0.4, -0.2) is 27.5 Å². The molecule has 0 spiro atoms. The summed E-state index contributed by atoms with van der Waals surface area (Å²) < 4.78 is 7.33. The minimum Gasteiger partial charge on any atom is -0.492 e. The van der Waals surface area contributed by atoms with E-state index in [9.17, 15) is 4.79 Å². The van der Waals surface area contributed by atoms with E-state index in [0.717, 1.165) is 5.56 Å². The Labute approximate surface area is 105 Å². The van der Waals surface area contributed by atoms with E-state index in [0.29, 0.717) is 18.9 Å². The summed E-state index contributed by atoms with van der Waals surface area (Å²) in [7, 11) is 0. The fraction of sp³-hybridized carbons (Fsp3) is 0.231. The summed E-state index contributed by atoms with van der Waals surface area (Å²) >= 11 is 0. The first kappa shape index (κ1) is 12.2. The Morgan fingerprint density at radius 1 is 1.39 bits per heavy atom. The minimum atomic E-state index is -0.844. The molecule has 0 aliphatic heterocycles. The lowest BCUT2D eigenvalue weighted by Crippen LogP contribution is -2.08. The molecule has 5 heteroatoms. The van der Waals surface area contributed by atoms with Crippen LogP contribution in [-0.2, 0) is 17.8 Å². The highest BCUT2D eigenvalue weighted by molar-refractivity contribution is 5.70. The molecule has 0 saturated carbocycles. The number of carboxylic acid groups (broad SMARTS) is 1. The van der Waals surface area contributed by atoms with Gasteiger partial charge in [-0.25, -0.2) is 0 Å². The van der Waals surface area contributed by atoms with Crippen LogP contribution in [0.1, 0.15) is 5.56 Å². The van der Waals surface area contributed by atoms with Gasteiger partial charge < -0.3 is 9.84 Å². The standard InChI is InChI=1S/C13H14N2O3/c16-13(17)10-11-3-1-4-12(9-11)18-8-7-15-6-2-5-14-15/h1-6,9H,7-8,10H2,(H,16,17). The van der Waals surface area contributed by atoms with Crippen molar-refractivity contribution < 1.29 is 14.6 Å². The summed E-state index contributed by atoms with van der Waals surface area (Å²) in [5, 5.41) is 12.8. The Morgan fingerprint density at radius 3 is 3.00 bits per heavy atom. The van der Waals surface area contributed by atoms with Crippen molar-refractivity contribution in [3.63, 3.8) is 0 Å². The van der Waals surface area contributed by atoms with E-state index in [4.69, 9.17) is 9.84 Å². The Hall–Kier alpha value is -2.30. The van der Waals surface area contributed by atoms with Crippen molar-refractivity contribution in [2.45, 2.75) is 13.0 Å². The molecule has 0 atom stereocenters. The van der Waals surface area contributed by atoms with Crippen molar-refractivity contribution in [3.05, 3.63) is 48.3 Å². The van der Waals surface area contributed by atoms with Crippen molar-refractivity contribution in [3.8, 4) is 5.75 Å². The number of nitrogens with zero attached hydrogens (tertiary/aromatic N) is 2. The van der Waals surface area contributed by atoms with Gasteiger partial charge >= 0.3 is 5.97 Å². The summed E-state index contributed by atoms with van der Waals surface area (Å²) in [5.41, 5.74) is 0.735. The van der Waals surface area contributed by atoms with Gasteiger partial charge in [-0.3, -0.25) is 9.48 Å². The van der Waals surface area contributed by atoms with Gasteiger partial charge in [0, 0.05) is 12.4 Å². The predicted molar refractivity (Wildman–Crippen MR) is 65.5 cm³/mol. The zero-order valence-electron chi connectivity index (χ0n) is 9.82. The average Bonchev–Trinajstić information content (AvgIpc) is 2.82. The molecule has 0 saturated heterocycles. The molecule has 5 nitrogen and oxygen atoms in total. The normalized spacial score (nSPS) is 10.2. The lowest BCUT2D eigenvalue weighted by atomic mass is 10.1. The van der Waals surface area contributed by atoms with Crippen LogP contribution in [0.5, 0.6) is 5.75 Å². The molecule has 94 valence electrons. The Morgan fingerprint density at radius 2 is 2.28 bits per heavy atom. The van der Waals surface area contributed by atoms with Crippen LogP contribution in [0.3, 0.4) is 0 Å². The number of benzene rings is 1. The summed E-state index contributed by atoms with van der Waals surface area (Å²) in [6, 6.07) is 8.98. The maximum Gasteiger partial charge on any atom is 0.307 e. The number of carbonyl (C=O) groups is 1. The van der Waals surface area contributed by atoms with Crippen LogP contribution in [0.2, 0.25) is 0 Å². The van der Waals surface area contributed by atoms with Crippen molar-refractivity contribution >= 4 is 5.97 Å². The molecule has 1 N–H and O–H groups in total. The summed E-state index contributed by atoms with van der Waals surface area (Å²) in [5.74, 6) is -0.162. The first-order valence-corrected chi connectivity index (χ1v) is 5.65. The van der Waals surface area contributed by atoms with Crippen LogP contribution in [0.25, 0.3) is 0 Å². The zero-order valence-corrected chi connectivity index (χ0v) is 9.82. The monoisotopic (exact) mass is 246 g/mol. The van der Waals surface area contributed by atoms with E-state index in [-0.39, 0.29) is 6.42 Å². The molecule has 0 aliphatic rings. The third kappa shape index (κ3) is 3.62. The molecule has 2 rings (SSSR count). The number of hydrogen-bond acceptors (Lipinski definition) is 3. The molecule has 0 radical (unpaired) electrons. The first-order chi connectivity index (χ1) is 8.74. The van der Waals surface area contributed by atoms with Gasteiger partial charge in [-0.1, -0.05) is 12.1 Å². The third-order valence-corrected chi connectivity index (χ3v) is 2.40. The van der Waals surface area contributed by atoms with Crippen molar-refractivity contribution in [2.75, 3.05) is 6.61 Å². The molecule has 0 unspecified atom stereocenters. The van der Waals surface area contributed by atoms with Gasteiger partial charge in [0.05, 0.1) is 13.0 Å². The minimum absolute atomic E-state index is 0.0103. The Bertz CT molecular complexity index is 509. The van der Waals surface area contributed by atoms with E-state index in [1.807, 2.05) is 18.3 Å².